The van der Waals surface area contributed by atoms with Gasteiger partial charge >= 0.3 is 0 Å². The maximum Gasteiger partial charge on any atom is 0.162 e. The Morgan fingerprint density at radius 2 is 1.83 bits per heavy atom. The average molecular weight is 262 g/mol. The van der Waals surface area contributed by atoms with Crippen LogP contribution in [-0.2, 0) is 0 Å². The maximum atomic E-state index is 5.87. The van der Waals surface area contributed by atoms with Gasteiger partial charge < -0.3 is 15.2 Å². The Hall–Kier alpha value is -1.75. The molecule has 0 amide bonds. The van der Waals surface area contributed by atoms with Crippen LogP contribution in [0.15, 0.2) is 12.1 Å². The lowest BCUT2D eigenvalue weighted by molar-refractivity contribution is 0.171. The summed E-state index contributed by atoms with van der Waals surface area (Å²) >= 11 is 1.50. The molecule has 1 aromatic carbocycles. The molecule has 0 radical (unpaired) electrons. The van der Waals surface area contributed by atoms with E-state index in [0.29, 0.717) is 13.2 Å². The number of fused-ring (bicyclic) bond motifs is 1. The van der Waals surface area contributed by atoms with E-state index >= 15 is 0 Å². The number of rotatable bonds is 1. The molecule has 3 rings (SSSR count). The van der Waals surface area contributed by atoms with E-state index in [9.17, 15) is 0 Å². The van der Waals surface area contributed by atoms with Crippen LogP contribution < -0.4 is 15.2 Å². The number of hydrogen-bond acceptors (Lipinski definition) is 5. The van der Waals surface area contributed by atoms with Crippen LogP contribution in [0.4, 0.5) is 5.00 Å². The third-order valence-corrected chi connectivity index (χ3v) is 3.97. The molecule has 18 heavy (non-hydrogen) atoms. The zero-order valence-electron chi connectivity index (χ0n) is 10.3. The minimum absolute atomic E-state index is 0.592. The maximum absolute atomic E-state index is 5.87. The van der Waals surface area contributed by atoms with Crippen molar-refractivity contribution in [2.45, 2.75) is 13.8 Å². The second-order valence-corrected chi connectivity index (χ2v) is 5.31. The molecule has 2 aromatic rings. The molecule has 4 nitrogen and oxygen atoms in total. The van der Waals surface area contributed by atoms with Gasteiger partial charge in [0.25, 0.3) is 0 Å². The molecule has 2 N–H and O–H groups in total. The van der Waals surface area contributed by atoms with E-state index in [1.54, 1.807) is 0 Å². The normalized spacial score (nSPS) is 13.7. The first-order chi connectivity index (χ1) is 8.65. The van der Waals surface area contributed by atoms with Gasteiger partial charge in [0.05, 0.1) is 5.69 Å². The first-order valence-corrected chi connectivity index (χ1v) is 6.60. The van der Waals surface area contributed by atoms with Crippen molar-refractivity contribution in [3.63, 3.8) is 0 Å². The monoisotopic (exact) mass is 262 g/mol. The molecule has 1 aromatic heterocycles. The van der Waals surface area contributed by atoms with Crippen molar-refractivity contribution < 1.29 is 9.47 Å². The van der Waals surface area contributed by atoms with Crippen LogP contribution in [0.1, 0.15) is 11.3 Å². The van der Waals surface area contributed by atoms with Gasteiger partial charge in [0.15, 0.2) is 11.5 Å². The zero-order valence-corrected chi connectivity index (χ0v) is 11.1. The lowest BCUT2D eigenvalue weighted by atomic mass is 10.1. The van der Waals surface area contributed by atoms with E-state index in [4.69, 9.17) is 15.2 Å². The van der Waals surface area contributed by atoms with Crippen molar-refractivity contribution >= 4 is 16.3 Å². The summed E-state index contributed by atoms with van der Waals surface area (Å²) in [5.74, 6) is 1.59. The van der Waals surface area contributed by atoms with Crippen molar-refractivity contribution in [1.82, 2.24) is 4.98 Å². The Balaban J connectivity index is 2.11. The second-order valence-electron chi connectivity index (χ2n) is 4.28. The van der Waals surface area contributed by atoms with Crippen LogP contribution in [0.3, 0.4) is 0 Å². The van der Waals surface area contributed by atoms with Crippen molar-refractivity contribution in [3.8, 4) is 22.1 Å². The highest BCUT2D eigenvalue weighted by Gasteiger charge is 2.17. The number of nitrogens with two attached hydrogens (primary N) is 1. The second kappa shape index (κ2) is 4.17. The highest BCUT2D eigenvalue weighted by Crippen LogP contribution is 2.39. The van der Waals surface area contributed by atoms with Gasteiger partial charge in [0.1, 0.15) is 23.2 Å². The van der Waals surface area contributed by atoms with Gasteiger partial charge in [-0.2, -0.15) is 0 Å². The highest BCUT2D eigenvalue weighted by atomic mass is 32.1. The zero-order chi connectivity index (χ0) is 12.7. The van der Waals surface area contributed by atoms with E-state index in [1.165, 1.54) is 11.3 Å². The fraction of sp³-hybridized carbons (Fsp3) is 0.308. The summed E-state index contributed by atoms with van der Waals surface area (Å²) in [6.07, 6.45) is 0. The molecule has 0 atom stereocenters. The summed E-state index contributed by atoms with van der Waals surface area (Å²) in [5.41, 5.74) is 8.92. The van der Waals surface area contributed by atoms with E-state index < -0.39 is 0 Å². The number of nitrogens with zero attached hydrogens (tertiary/aromatic N) is 1. The summed E-state index contributed by atoms with van der Waals surface area (Å²) in [6, 6.07) is 3.98. The van der Waals surface area contributed by atoms with Crippen molar-refractivity contribution in [2.75, 3.05) is 18.9 Å². The first-order valence-electron chi connectivity index (χ1n) is 5.78. The summed E-state index contributed by atoms with van der Waals surface area (Å²) in [6.45, 7) is 5.16. The fourth-order valence-corrected chi connectivity index (χ4v) is 2.86. The van der Waals surface area contributed by atoms with E-state index in [0.717, 1.165) is 38.3 Å². The van der Waals surface area contributed by atoms with Gasteiger partial charge in [0.2, 0.25) is 0 Å². The summed E-state index contributed by atoms with van der Waals surface area (Å²) in [4.78, 5) is 4.49. The SMILES string of the molecule is Cc1cc2c(cc1-c1nc(C)c(N)s1)OCCO2. The molecule has 1 aliphatic rings. The molecule has 0 unspecified atom stereocenters. The lowest BCUT2D eigenvalue weighted by Crippen LogP contribution is -2.15. The van der Waals surface area contributed by atoms with Crippen LogP contribution >= 0.6 is 11.3 Å². The van der Waals surface area contributed by atoms with Crippen molar-refractivity contribution in [3.05, 3.63) is 23.4 Å². The number of benzene rings is 1. The van der Waals surface area contributed by atoms with E-state index in [1.807, 2.05) is 26.0 Å². The Labute approximate surface area is 109 Å². The van der Waals surface area contributed by atoms with Crippen LogP contribution in [0.5, 0.6) is 11.5 Å². The minimum atomic E-state index is 0.592. The summed E-state index contributed by atoms with van der Waals surface area (Å²) < 4.78 is 11.2. The number of nitrogen functional groups attached to an aromatic ring is 1. The molecule has 0 saturated heterocycles. The number of aryl methyl sites for hydroxylation is 2. The Morgan fingerprint density at radius 1 is 1.17 bits per heavy atom. The van der Waals surface area contributed by atoms with Crippen LogP contribution in [0.2, 0.25) is 0 Å². The van der Waals surface area contributed by atoms with Crippen molar-refractivity contribution in [1.29, 1.82) is 0 Å². The Bertz CT molecular complexity index is 588. The third-order valence-electron chi connectivity index (χ3n) is 2.95. The van der Waals surface area contributed by atoms with Gasteiger partial charge in [-0.15, -0.1) is 0 Å². The molecule has 2 heterocycles. The van der Waals surface area contributed by atoms with Crippen molar-refractivity contribution in [2.24, 2.45) is 0 Å². The quantitative estimate of drug-likeness (QED) is 0.858. The first kappa shape index (κ1) is 11.3. The molecule has 1 aliphatic heterocycles. The number of thiazole rings is 1. The Morgan fingerprint density at radius 3 is 2.44 bits per heavy atom. The molecular formula is C13H14N2O2S. The van der Waals surface area contributed by atoms with Crippen LogP contribution in [0.25, 0.3) is 10.6 Å². The number of ether oxygens (including phenoxy) is 2. The lowest BCUT2D eigenvalue weighted by Gasteiger charge is -2.19. The average Bonchev–Trinajstić information content (AvgIpc) is 2.68. The van der Waals surface area contributed by atoms with Gasteiger partial charge in [0, 0.05) is 5.56 Å². The molecule has 0 aliphatic carbocycles. The van der Waals surface area contributed by atoms with Gasteiger partial charge in [-0.3, -0.25) is 0 Å². The molecule has 0 saturated carbocycles. The van der Waals surface area contributed by atoms with Crippen LogP contribution in [-0.4, -0.2) is 18.2 Å². The standard InChI is InChI=1S/C13H14N2O2S/c1-7-5-10-11(17-4-3-16-10)6-9(7)13-15-8(2)12(14)18-13/h5-6H,3-4,14H2,1-2H3. The van der Waals surface area contributed by atoms with Gasteiger partial charge in [-0.05, 0) is 31.5 Å². The van der Waals surface area contributed by atoms with E-state index in [2.05, 4.69) is 4.98 Å². The Kier molecular flexibility index (Phi) is 2.63. The third kappa shape index (κ3) is 1.80. The largest absolute Gasteiger partial charge is 0.486 e. The molecule has 0 spiro atoms. The highest BCUT2D eigenvalue weighted by molar-refractivity contribution is 7.18. The summed E-state index contributed by atoms with van der Waals surface area (Å²) in [7, 11) is 0. The fourth-order valence-electron chi connectivity index (χ4n) is 1.94. The number of anilines is 1. The number of hydrogen-bond donors (Lipinski definition) is 1. The van der Waals surface area contributed by atoms with Gasteiger partial charge in [-0.1, -0.05) is 11.3 Å². The van der Waals surface area contributed by atoms with Gasteiger partial charge in [-0.25, -0.2) is 4.98 Å². The van der Waals surface area contributed by atoms with E-state index in [-0.39, 0.29) is 0 Å². The molecule has 0 bridgehead atoms. The smallest absolute Gasteiger partial charge is 0.162 e. The predicted octanol–water partition coefficient (Wildman–Crippen LogP) is 2.78. The molecular weight excluding hydrogens is 248 g/mol. The minimum Gasteiger partial charge on any atom is -0.486 e. The van der Waals surface area contributed by atoms with Crippen LogP contribution in [0, 0.1) is 13.8 Å². The molecule has 94 valence electrons. The predicted molar refractivity (Wildman–Crippen MR) is 72.4 cm³/mol. The summed E-state index contributed by atoms with van der Waals surface area (Å²) in [5, 5.41) is 1.69. The molecule has 0 fully saturated rings. The topological polar surface area (TPSA) is 57.4 Å². The molecule has 5 heteroatoms. The number of aromatic nitrogens is 1.